The molecule has 2 heterocycles. The topological polar surface area (TPSA) is 55.6 Å². The first-order valence-corrected chi connectivity index (χ1v) is 8.64. The molecule has 0 bridgehead atoms. The minimum absolute atomic E-state index is 0.227. The van der Waals surface area contributed by atoms with E-state index in [1.165, 1.54) is 0 Å². The highest BCUT2D eigenvalue weighted by molar-refractivity contribution is 9.10. The number of rotatable bonds is 2. The quantitative estimate of drug-likeness (QED) is 0.644. The van der Waals surface area contributed by atoms with Gasteiger partial charge in [0.1, 0.15) is 6.04 Å². The third-order valence-corrected chi connectivity index (χ3v) is 4.80. The zero-order chi connectivity index (χ0) is 16.7. The van der Waals surface area contributed by atoms with E-state index in [-0.39, 0.29) is 6.04 Å². The number of benzene rings is 2. The van der Waals surface area contributed by atoms with E-state index in [1.54, 1.807) is 16.8 Å². The first kappa shape index (κ1) is 15.6. The number of allylic oxidation sites excluding steroid dienone is 1. The predicted molar refractivity (Wildman–Crippen MR) is 98.2 cm³/mol. The number of hydrogen-bond acceptors (Lipinski definition) is 4. The molecule has 0 aliphatic carbocycles. The molecule has 0 radical (unpaired) electrons. The molecule has 1 atom stereocenters. The van der Waals surface area contributed by atoms with Gasteiger partial charge in [0, 0.05) is 20.2 Å². The van der Waals surface area contributed by atoms with Crippen molar-refractivity contribution in [3.8, 4) is 0 Å². The number of hydrogen-bond donors (Lipinski definition) is 1. The number of tetrazole rings is 1. The van der Waals surface area contributed by atoms with Gasteiger partial charge in [-0.1, -0.05) is 62.4 Å². The Balaban J connectivity index is 1.85. The van der Waals surface area contributed by atoms with Crippen LogP contribution < -0.4 is 5.32 Å². The molecule has 0 unspecified atom stereocenters. The van der Waals surface area contributed by atoms with Gasteiger partial charge in [-0.15, -0.1) is 0 Å². The van der Waals surface area contributed by atoms with Gasteiger partial charge in [0.05, 0.1) is 0 Å². The van der Waals surface area contributed by atoms with Gasteiger partial charge < -0.3 is 5.32 Å². The van der Waals surface area contributed by atoms with Crippen LogP contribution in [0.1, 0.15) is 17.2 Å². The molecule has 1 aliphatic heterocycles. The van der Waals surface area contributed by atoms with Crippen molar-refractivity contribution in [3.63, 3.8) is 0 Å². The molecular formula is C16H10BrCl2N5. The fourth-order valence-electron chi connectivity index (χ4n) is 2.64. The number of halogens is 3. The van der Waals surface area contributed by atoms with E-state index in [0.717, 1.165) is 21.3 Å². The summed E-state index contributed by atoms with van der Waals surface area (Å²) in [5, 5.41) is 16.3. The second kappa shape index (κ2) is 6.20. The van der Waals surface area contributed by atoms with Crippen LogP contribution in [0.3, 0.4) is 0 Å². The molecule has 5 nitrogen and oxygen atoms in total. The zero-order valence-corrected chi connectivity index (χ0v) is 15.2. The van der Waals surface area contributed by atoms with E-state index in [4.69, 9.17) is 23.2 Å². The fourth-order valence-corrected chi connectivity index (χ4v) is 3.56. The second-order valence-corrected chi connectivity index (χ2v) is 7.03. The van der Waals surface area contributed by atoms with Crippen LogP contribution in [-0.4, -0.2) is 20.2 Å². The van der Waals surface area contributed by atoms with E-state index in [9.17, 15) is 0 Å². The average molecular weight is 423 g/mol. The van der Waals surface area contributed by atoms with Crippen molar-refractivity contribution in [1.82, 2.24) is 20.2 Å². The predicted octanol–water partition coefficient (Wildman–Crippen LogP) is 4.80. The summed E-state index contributed by atoms with van der Waals surface area (Å²) in [5.41, 5.74) is 2.81. The molecule has 1 aliphatic rings. The largest absolute Gasteiger partial charge is 0.323 e. The van der Waals surface area contributed by atoms with Crippen LogP contribution in [0.5, 0.6) is 0 Å². The van der Waals surface area contributed by atoms with Crippen molar-refractivity contribution in [3.05, 3.63) is 74.2 Å². The van der Waals surface area contributed by atoms with Gasteiger partial charge in [-0.2, -0.15) is 4.68 Å². The number of aromatic nitrogens is 4. The third kappa shape index (κ3) is 2.81. The van der Waals surface area contributed by atoms with Crippen molar-refractivity contribution in [1.29, 1.82) is 0 Å². The zero-order valence-electron chi connectivity index (χ0n) is 12.1. The average Bonchev–Trinajstić information content (AvgIpc) is 3.03. The van der Waals surface area contributed by atoms with Crippen LogP contribution >= 0.6 is 39.1 Å². The third-order valence-electron chi connectivity index (χ3n) is 3.74. The van der Waals surface area contributed by atoms with E-state index in [2.05, 4.69) is 36.8 Å². The van der Waals surface area contributed by atoms with Gasteiger partial charge in [0.15, 0.2) is 0 Å². The van der Waals surface area contributed by atoms with Crippen LogP contribution in [0.4, 0.5) is 5.95 Å². The van der Waals surface area contributed by atoms with Gasteiger partial charge in [-0.05, 0) is 51.9 Å². The first-order valence-electron chi connectivity index (χ1n) is 7.09. The van der Waals surface area contributed by atoms with E-state index < -0.39 is 0 Å². The molecular weight excluding hydrogens is 413 g/mol. The Morgan fingerprint density at radius 1 is 1.12 bits per heavy atom. The van der Waals surface area contributed by atoms with Crippen LogP contribution in [-0.2, 0) is 0 Å². The summed E-state index contributed by atoms with van der Waals surface area (Å²) in [5.74, 6) is 0.559. The van der Waals surface area contributed by atoms with Crippen molar-refractivity contribution >= 4 is 50.8 Å². The Labute approximate surface area is 156 Å². The normalized spacial score (nSPS) is 16.3. The SMILES string of the molecule is Clc1ccc([C@@H]2C=C(c3cccc(Br)c3)Nc3nnnn32)c(Cl)c1. The summed E-state index contributed by atoms with van der Waals surface area (Å²) in [6, 6.07) is 13.2. The van der Waals surface area contributed by atoms with Crippen molar-refractivity contribution in [2.75, 3.05) is 5.32 Å². The highest BCUT2D eigenvalue weighted by Crippen LogP contribution is 2.36. The van der Waals surface area contributed by atoms with Gasteiger partial charge in [-0.3, -0.25) is 0 Å². The molecule has 0 saturated carbocycles. The summed E-state index contributed by atoms with van der Waals surface area (Å²) >= 11 is 15.9. The van der Waals surface area contributed by atoms with E-state index >= 15 is 0 Å². The molecule has 0 saturated heterocycles. The Morgan fingerprint density at radius 3 is 2.79 bits per heavy atom. The summed E-state index contributed by atoms with van der Waals surface area (Å²) in [7, 11) is 0. The fraction of sp³-hybridized carbons (Fsp3) is 0.0625. The molecule has 0 amide bonds. The van der Waals surface area contributed by atoms with Gasteiger partial charge in [0.25, 0.3) is 0 Å². The second-order valence-electron chi connectivity index (χ2n) is 5.27. The molecule has 0 fully saturated rings. The molecule has 1 aromatic heterocycles. The van der Waals surface area contributed by atoms with Crippen molar-refractivity contribution < 1.29 is 0 Å². The maximum Gasteiger partial charge on any atom is 0.248 e. The lowest BCUT2D eigenvalue weighted by Crippen LogP contribution is -2.20. The smallest absolute Gasteiger partial charge is 0.248 e. The lowest BCUT2D eigenvalue weighted by molar-refractivity contribution is 0.586. The van der Waals surface area contributed by atoms with Crippen LogP contribution in [0, 0.1) is 0 Å². The maximum absolute atomic E-state index is 6.39. The van der Waals surface area contributed by atoms with E-state index in [0.29, 0.717) is 16.0 Å². The minimum Gasteiger partial charge on any atom is -0.323 e. The number of fused-ring (bicyclic) bond motifs is 1. The Morgan fingerprint density at radius 2 is 2.00 bits per heavy atom. The summed E-state index contributed by atoms with van der Waals surface area (Å²) in [4.78, 5) is 0. The highest BCUT2D eigenvalue weighted by Gasteiger charge is 2.26. The highest BCUT2D eigenvalue weighted by atomic mass is 79.9. The number of nitrogens with one attached hydrogen (secondary N) is 1. The molecule has 4 rings (SSSR count). The molecule has 0 spiro atoms. The molecule has 24 heavy (non-hydrogen) atoms. The summed E-state index contributed by atoms with van der Waals surface area (Å²) in [6.45, 7) is 0. The van der Waals surface area contributed by atoms with Crippen molar-refractivity contribution in [2.45, 2.75) is 6.04 Å². The standard InChI is InChI=1S/C16H10BrCl2N5/c17-10-3-1-2-9(6-10)14-8-15(24-16(20-14)21-22-23-24)12-5-4-11(18)7-13(12)19/h1-8,15H,(H,20,21,23)/t15-/m0/s1. The molecule has 1 N–H and O–H groups in total. The lowest BCUT2D eigenvalue weighted by Gasteiger charge is -2.24. The Hall–Kier alpha value is -1.89. The molecule has 120 valence electrons. The Kier molecular flexibility index (Phi) is 4.04. The van der Waals surface area contributed by atoms with Gasteiger partial charge in [-0.25, -0.2) is 0 Å². The number of nitrogens with zero attached hydrogens (tertiary/aromatic N) is 4. The van der Waals surface area contributed by atoms with Gasteiger partial charge >= 0.3 is 0 Å². The van der Waals surface area contributed by atoms with Crippen LogP contribution in [0.25, 0.3) is 5.70 Å². The molecule has 3 aromatic rings. The van der Waals surface area contributed by atoms with Crippen molar-refractivity contribution in [2.24, 2.45) is 0 Å². The summed E-state index contributed by atoms with van der Waals surface area (Å²) < 4.78 is 2.69. The molecule has 8 heteroatoms. The summed E-state index contributed by atoms with van der Waals surface area (Å²) in [6.07, 6.45) is 2.04. The van der Waals surface area contributed by atoms with Crippen LogP contribution in [0.2, 0.25) is 10.0 Å². The minimum atomic E-state index is -0.227. The van der Waals surface area contributed by atoms with Gasteiger partial charge in [0.2, 0.25) is 5.95 Å². The Bertz CT molecular complexity index is 953. The first-order chi connectivity index (χ1) is 11.6. The number of anilines is 1. The van der Waals surface area contributed by atoms with E-state index in [1.807, 2.05) is 36.4 Å². The van der Waals surface area contributed by atoms with Crippen LogP contribution in [0.15, 0.2) is 53.0 Å². The monoisotopic (exact) mass is 421 g/mol. The lowest BCUT2D eigenvalue weighted by atomic mass is 10.0. The maximum atomic E-state index is 6.39. The molecule has 2 aromatic carbocycles.